The van der Waals surface area contributed by atoms with Crippen LogP contribution in [0.2, 0.25) is 0 Å². The summed E-state index contributed by atoms with van der Waals surface area (Å²) in [6.45, 7) is 5.50. The van der Waals surface area contributed by atoms with Crippen LogP contribution in [0.4, 0.5) is 0 Å². The van der Waals surface area contributed by atoms with Crippen molar-refractivity contribution in [1.82, 2.24) is 0 Å². The first-order valence-electron chi connectivity index (χ1n) is 13.8. The lowest BCUT2D eigenvalue weighted by Gasteiger charge is -2.25. The first kappa shape index (κ1) is 31.5. The molecule has 0 bridgehead atoms. The number of benzene rings is 2. The Morgan fingerprint density at radius 3 is 2.43 bits per heavy atom. The fourth-order valence-corrected chi connectivity index (χ4v) is 4.87. The monoisotopic (exact) mass is 584 g/mol. The number of aliphatic hydroxyl groups is 1. The smallest absolute Gasteiger partial charge is 0.342 e. The summed E-state index contributed by atoms with van der Waals surface area (Å²) in [5.74, 6) is -0.0231. The van der Waals surface area contributed by atoms with Crippen LogP contribution in [-0.2, 0) is 30.3 Å². The largest absolute Gasteiger partial charge is 0.497 e. The van der Waals surface area contributed by atoms with Gasteiger partial charge in [-0.2, -0.15) is 0 Å². The van der Waals surface area contributed by atoms with E-state index in [9.17, 15) is 9.90 Å². The molecule has 0 spiro atoms. The maximum atomic E-state index is 13.7. The first-order chi connectivity index (χ1) is 20.1. The zero-order valence-corrected chi connectivity index (χ0v) is 24.9. The lowest BCUT2D eigenvalue weighted by atomic mass is 10.0. The minimum atomic E-state index is -0.996. The van der Waals surface area contributed by atoms with E-state index in [-0.39, 0.29) is 24.7 Å². The summed E-state index contributed by atoms with van der Waals surface area (Å²) in [6.07, 6.45) is 3.82. The number of cyclic esters (lactones) is 1. The summed E-state index contributed by atoms with van der Waals surface area (Å²) in [5, 5.41) is 11.1. The first-order valence-corrected chi connectivity index (χ1v) is 13.8. The minimum Gasteiger partial charge on any atom is -0.497 e. The highest BCUT2D eigenvalue weighted by molar-refractivity contribution is 5.97. The summed E-state index contributed by atoms with van der Waals surface area (Å²) in [6, 6.07) is 10.8. The normalized spacial score (nSPS) is 27.1. The molecule has 2 aromatic carbocycles. The van der Waals surface area contributed by atoms with Gasteiger partial charge in [0.25, 0.3) is 0 Å². The number of rotatable bonds is 8. The Bertz CT molecular complexity index is 1250. The minimum absolute atomic E-state index is 0.0790. The Labute approximate surface area is 246 Å². The van der Waals surface area contributed by atoms with Gasteiger partial charge in [-0.25, -0.2) is 4.79 Å². The molecule has 1 fully saturated rings. The fraction of sp³-hybridized carbons (Fsp3) is 0.469. The van der Waals surface area contributed by atoms with Gasteiger partial charge in [0.2, 0.25) is 0 Å². The topological polar surface area (TPSA) is 111 Å². The van der Waals surface area contributed by atoms with Crippen molar-refractivity contribution in [1.29, 1.82) is 0 Å². The summed E-state index contributed by atoms with van der Waals surface area (Å²) in [7, 11) is 4.63. The molecule has 2 aromatic rings. The van der Waals surface area contributed by atoms with E-state index in [0.29, 0.717) is 17.7 Å². The van der Waals surface area contributed by atoms with Gasteiger partial charge in [-0.05, 0) is 56.5 Å². The van der Waals surface area contributed by atoms with Crippen LogP contribution in [0.1, 0.15) is 48.7 Å². The van der Waals surface area contributed by atoms with Gasteiger partial charge in [0.05, 0.1) is 26.9 Å². The van der Waals surface area contributed by atoms with Crippen LogP contribution in [0.3, 0.4) is 0 Å². The van der Waals surface area contributed by atoms with Crippen LogP contribution in [-0.4, -0.2) is 75.5 Å². The van der Waals surface area contributed by atoms with E-state index in [1.807, 2.05) is 44.2 Å². The Morgan fingerprint density at radius 2 is 1.74 bits per heavy atom. The molecule has 0 amide bonds. The molecule has 4 rings (SSSR count). The number of hydrogen-bond acceptors (Lipinski definition) is 10. The molecule has 2 heterocycles. The summed E-state index contributed by atoms with van der Waals surface area (Å²) >= 11 is 0. The molecule has 10 heteroatoms. The Morgan fingerprint density at radius 1 is 1.00 bits per heavy atom. The van der Waals surface area contributed by atoms with Gasteiger partial charge >= 0.3 is 5.97 Å². The molecule has 2 aliphatic rings. The molecule has 1 saturated heterocycles. The molecule has 42 heavy (non-hydrogen) atoms. The third-order valence-corrected chi connectivity index (χ3v) is 6.96. The van der Waals surface area contributed by atoms with E-state index in [2.05, 4.69) is 0 Å². The van der Waals surface area contributed by atoms with Gasteiger partial charge in [0, 0.05) is 13.2 Å². The molecule has 228 valence electrons. The highest BCUT2D eigenvalue weighted by atomic mass is 16.8. The molecule has 0 saturated carbocycles. The van der Waals surface area contributed by atoms with E-state index in [4.69, 9.17) is 37.9 Å². The predicted octanol–water partition coefficient (Wildman–Crippen LogP) is 4.67. The zero-order valence-electron chi connectivity index (χ0n) is 24.9. The number of carbonyl (C=O) groups is 1. The molecule has 5 atom stereocenters. The number of carbonyl (C=O) groups excluding carboxylic acids is 1. The summed E-state index contributed by atoms with van der Waals surface area (Å²) in [5.41, 5.74) is 1.64. The maximum Gasteiger partial charge on any atom is 0.342 e. The molecule has 10 nitrogen and oxygen atoms in total. The number of fused-ring (bicyclic) bond motifs is 2. The van der Waals surface area contributed by atoms with Crippen LogP contribution in [0.25, 0.3) is 6.08 Å². The number of ether oxygens (including phenoxy) is 8. The molecular weight excluding hydrogens is 544 g/mol. The molecular formula is C32H40O10. The Hall–Kier alpha value is -3.41. The molecule has 0 radical (unpaired) electrons. The predicted molar refractivity (Wildman–Crippen MR) is 155 cm³/mol. The van der Waals surface area contributed by atoms with Crippen molar-refractivity contribution >= 4 is 12.0 Å². The summed E-state index contributed by atoms with van der Waals surface area (Å²) in [4.78, 5) is 13.7. The van der Waals surface area contributed by atoms with Crippen molar-refractivity contribution in [3.63, 3.8) is 0 Å². The van der Waals surface area contributed by atoms with Gasteiger partial charge < -0.3 is 43.0 Å². The maximum absolute atomic E-state index is 13.7. The lowest BCUT2D eigenvalue weighted by Crippen LogP contribution is -2.35. The number of esters is 1. The molecule has 0 aromatic heterocycles. The average Bonchev–Trinajstić information content (AvgIpc) is 3.29. The third kappa shape index (κ3) is 7.90. The van der Waals surface area contributed by atoms with Crippen LogP contribution in [0.15, 0.2) is 54.6 Å². The second kappa shape index (κ2) is 14.2. The highest BCUT2D eigenvalue weighted by Gasteiger charge is 2.43. The number of methoxy groups -OCH3 is 3. The number of hydrogen-bond donors (Lipinski definition) is 1. The Balaban J connectivity index is 1.71. The van der Waals surface area contributed by atoms with Crippen molar-refractivity contribution in [3.8, 4) is 17.2 Å². The quantitative estimate of drug-likeness (QED) is 0.267. The van der Waals surface area contributed by atoms with Gasteiger partial charge in [0.15, 0.2) is 12.6 Å². The van der Waals surface area contributed by atoms with Crippen molar-refractivity contribution in [2.45, 2.75) is 70.1 Å². The van der Waals surface area contributed by atoms with Crippen LogP contribution in [0.5, 0.6) is 17.2 Å². The van der Waals surface area contributed by atoms with Crippen LogP contribution in [0, 0.1) is 0 Å². The fourth-order valence-electron chi connectivity index (χ4n) is 4.87. The van der Waals surface area contributed by atoms with Crippen molar-refractivity contribution < 1.29 is 47.8 Å². The molecule has 2 aliphatic heterocycles. The van der Waals surface area contributed by atoms with E-state index in [1.165, 1.54) is 14.2 Å². The van der Waals surface area contributed by atoms with Gasteiger partial charge in [-0.3, -0.25) is 0 Å². The van der Waals surface area contributed by atoms with Crippen LogP contribution >= 0.6 is 0 Å². The second-order valence-electron chi connectivity index (χ2n) is 10.5. The van der Waals surface area contributed by atoms with Crippen molar-refractivity contribution in [2.75, 3.05) is 28.1 Å². The van der Waals surface area contributed by atoms with Crippen LogP contribution < -0.4 is 14.2 Å². The molecule has 1 N–H and O–H groups in total. The summed E-state index contributed by atoms with van der Waals surface area (Å²) < 4.78 is 45.9. The van der Waals surface area contributed by atoms with E-state index in [1.54, 1.807) is 44.4 Å². The van der Waals surface area contributed by atoms with E-state index >= 15 is 0 Å². The second-order valence-corrected chi connectivity index (χ2v) is 10.5. The Kier molecular flexibility index (Phi) is 10.6. The zero-order chi connectivity index (χ0) is 30.3. The standard InChI is InChI=1S/C32H40O10/c1-20-26(38-18-21-10-12-23(36-5)13-11-21)15-14-25(33)30-27(41-32(2,3)42-30)9-7-8-22-16-24(37-6)17-28(39-19-35-4)29(22)31(34)40-20/h7-8,10-17,20,25-27,30,33H,9,18-19H2,1-6H3/b8-7+,15-14-/t20-,25?,26+,27-,30+/m0/s1. The highest BCUT2D eigenvalue weighted by Crippen LogP contribution is 2.35. The van der Waals surface area contributed by atoms with Gasteiger partial charge in [-0.15, -0.1) is 0 Å². The van der Waals surface area contributed by atoms with E-state index in [0.717, 1.165) is 11.3 Å². The average molecular weight is 585 g/mol. The van der Waals surface area contributed by atoms with Gasteiger partial charge in [-0.1, -0.05) is 36.4 Å². The van der Waals surface area contributed by atoms with E-state index < -0.39 is 42.3 Å². The number of aliphatic hydroxyl groups excluding tert-OH is 1. The van der Waals surface area contributed by atoms with Gasteiger partial charge in [0.1, 0.15) is 47.2 Å². The molecule has 1 unspecified atom stereocenters. The molecule has 0 aliphatic carbocycles. The lowest BCUT2D eigenvalue weighted by molar-refractivity contribution is -0.152. The van der Waals surface area contributed by atoms with Crippen molar-refractivity contribution in [2.24, 2.45) is 0 Å². The SMILES string of the molecule is COCOc1cc(OC)cc2c1C(=O)O[C@@H](C)[C@H](OCc1ccc(OC)cc1)/C=C\C(O)[C@H]1OC(C)(C)O[C@H]1C/C=C/2. The van der Waals surface area contributed by atoms with Crippen molar-refractivity contribution in [3.05, 3.63) is 71.3 Å². The third-order valence-electron chi connectivity index (χ3n) is 6.96.